The maximum Gasteiger partial charge on any atom is 0.307 e. The molecule has 1 amide bonds. The van der Waals surface area contributed by atoms with Crippen molar-refractivity contribution in [3.8, 4) is 0 Å². The lowest BCUT2D eigenvalue weighted by Crippen LogP contribution is -2.23. The van der Waals surface area contributed by atoms with Gasteiger partial charge in [0.15, 0.2) is 0 Å². The molecule has 0 aliphatic heterocycles. The van der Waals surface area contributed by atoms with E-state index in [4.69, 9.17) is 10.8 Å². The molecule has 0 aliphatic carbocycles. The lowest BCUT2D eigenvalue weighted by molar-refractivity contribution is -0.136. The summed E-state index contributed by atoms with van der Waals surface area (Å²) in [7, 11) is 0. The van der Waals surface area contributed by atoms with Crippen LogP contribution in [0.1, 0.15) is 32.3 Å². The van der Waals surface area contributed by atoms with Crippen molar-refractivity contribution in [2.24, 2.45) is 17.6 Å². The number of hydrogen-bond acceptors (Lipinski definition) is 3. The minimum absolute atomic E-state index is 0.0531. The van der Waals surface area contributed by atoms with E-state index < -0.39 is 5.97 Å². The Balaban J connectivity index is 2.59. The first-order chi connectivity index (χ1) is 9.90. The minimum atomic E-state index is -0.890. The van der Waals surface area contributed by atoms with Crippen LogP contribution in [0.5, 0.6) is 0 Å². The highest BCUT2D eigenvalue weighted by atomic mass is 16.4. The second kappa shape index (κ2) is 8.42. The number of carbonyl (C=O) groups is 2. The Kier molecular flexibility index (Phi) is 6.88. The summed E-state index contributed by atoms with van der Waals surface area (Å²) in [4.78, 5) is 22.7. The molecule has 1 atom stereocenters. The predicted octanol–water partition coefficient (Wildman–Crippen LogP) is 2.26. The van der Waals surface area contributed by atoms with Crippen molar-refractivity contribution in [3.63, 3.8) is 0 Å². The largest absolute Gasteiger partial charge is 0.481 e. The maximum atomic E-state index is 12.0. The van der Waals surface area contributed by atoms with Crippen LogP contribution in [0, 0.1) is 11.8 Å². The van der Waals surface area contributed by atoms with Gasteiger partial charge < -0.3 is 16.2 Å². The fourth-order valence-electron chi connectivity index (χ4n) is 2.34. The van der Waals surface area contributed by atoms with Gasteiger partial charge in [0, 0.05) is 12.1 Å². The monoisotopic (exact) mass is 292 g/mol. The Morgan fingerprint density at radius 3 is 2.62 bits per heavy atom. The van der Waals surface area contributed by atoms with Gasteiger partial charge in [0.25, 0.3) is 0 Å². The average molecular weight is 292 g/mol. The van der Waals surface area contributed by atoms with E-state index in [0.29, 0.717) is 30.1 Å². The molecule has 1 aromatic rings. The van der Waals surface area contributed by atoms with Crippen LogP contribution < -0.4 is 11.1 Å². The number of hydrogen-bond donors (Lipinski definition) is 3. The van der Waals surface area contributed by atoms with Crippen LogP contribution in [0.4, 0.5) is 5.69 Å². The number of carboxylic acids is 1. The number of nitrogens with two attached hydrogens (primary N) is 1. The smallest absolute Gasteiger partial charge is 0.307 e. The molecule has 0 saturated carbocycles. The molecule has 1 unspecified atom stereocenters. The fraction of sp³-hybridized carbons (Fsp3) is 0.500. The van der Waals surface area contributed by atoms with E-state index in [9.17, 15) is 9.59 Å². The van der Waals surface area contributed by atoms with Gasteiger partial charge in [-0.2, -0.15) is 0 Å². The van der Waals surface area contributed by atoms with Gasteiger partial charge >= 0.3 is 5.97 Å². The predicted molar refractivity (Wildman–Crippen MR) is 83.0 cm³/mol. The topological polar surface area (TPSA) is 92.4 Å². The maximum absolute atomic E-state index is 12.0. The van der Waals surface area contributed by atoms with E-state index in [1.807, 2.05) is 0 Å². The van der Waals surface area contributed by atoms with Gasteiger partial charge in [0.2, 0.25) is 5.91 Å². The molecule has 0 aliphatic rings. The normalized spacial score (nSPS) is 12.2. The van der Waals surface area contributed by atoms with E-state index in [1.54, 1.807) is 24.3 Å². The zero-order chi connectivity index (χ0) is 15.8. The van der Waals surface area contributed by atoms with Crippen molar-refractivity contribution >= 4 is 17.6 Å². The molecule has 21 heavy (non-hydrogen) atoms. The Morgan fingerprint density at radius 1 is 1.33 bits per heavy atom. The summed E-state index contributed by atoms with van der Waals surface area (Å²) in [6, 6.07) is 6.91. The van der Waals surface area contributed by atoms with E-state index in [1.165, 1.54) is 0 Å². The van der Waals surface area contributed by atoms with E-state index in [-0.39, 0.29) is 18.2 Å². The molecule has 0 bridgehead atoms. The van der Waals surface area contributed by atoms with Crippen molar-refractivity contribution in [1.29, 1.82) is 0 Å². The number of carboxylic acid groups (broad SMARTS) is 1. The number of benzene rings is 1. The molecule has 5 heteroatoms. The van der Waals surface area contributed by atoms with Crippen molar-refractivity contribution in [2.75, 3.05) is 11.9 Å². The molecule has 0 saturated heterocycles. The highest BCUT2D eigenvalue weighted by molar-refractivity contribution is 5.91. The molecule has 0 aromatic heterocycles. The molecule has 5 nitrogen and oxygen atoms in total. The van der Waals surface area contributed by atoms with Gasteiger partial charge in [-0.3, -0.25) is 9.59 Å². The quantitative estimate of drug-likeness (QED) is 0.685. The number of nitrogens with one attached hydrogen (secondary N) is 1. The van der Waals surface area contributed by atoms with Gasteiger partial charge in [-0.15, -0.1) is 0 Å². The molecule has 4 N–H and O–H groups in total. The van der Waals surface area contributed by atoms with Crippen LogP contribution in [0.15, 0.2) is 24.3 Å². The standard InChI is InChI=1S/C16H24N2O3/c1-11(2)6-13(10-17)8-15(19)18-14-5-3-4-12(7-14)9-16(20)21/h3-5,7,11,13H,6,8-10,17H2,1-2H3,(H,18,19)(H,20,21). The van der Waals surface area contributed by atoms with Gasteiger partial charge in [0.1, 0.15) is 0 Å². The third-order valence-corrected chi connectivity index (χ3v) is 3.18. The first kappa shape index (κ1) is 17.2. The van der Waals surface area contributed by atoms with Crippen LogP contribution in [0.25, 0.3) is 0 Å². The van der Waals surface area contributed by atoms with Crippen LogP contribution >= 0.6 is 0 Å². The number of anilines is 1. The Morgan fingerprint density at radius 2 is 2.05 bits per heavy atom. The number of rotatable bonds is 8. The Hall–Kier alpha value is -1.88. The molecule has 0 radical (unpaired) electrons. The first-order valence-corrected chi connectivity index (χ1v) is 7.21. The van der Waals surface area contributed by atoms with Gasteiger partial charge in [-0.1, -0.05) is 26.0 Å². The molecule has 0 spiro atoms. The Labute approximate surface area is 125 Å². The fourth-order valence-corrected chi connectivity index (χ4v) is 2.34. The summed E-state index contributed by atoms with van der Waals surface area (Å²) in [6.45, 7) is 4.70. The molecular formula is C16H24N2O3. The highest BCUT2D eigenvalue weighted by Gasteiger charge is 2.14. The van der Waals surface area contributed by atoms with Crippen molar-refractivity contribution in [1.82, 2.24) is 0 Å². The lowest BCUT2D eigenvalue weighted by atomic mass is 9.94. The van der Waals surface area contributed by atoms with Crippen LogP contribution in [-0.2, 0) is 16.0 Å². The SMILES string of the molecule is CC(C)CC(CN)CC(=O)Nc1cccc(CC(=O)O)c1. The van der Waals surface area contributed by atoms with E-state index >= 15 is 0 Å². The number of carbonyl (C=O) groups excluding carboxylic acids is 1. The molecular weight excluding hydrogens is 268 g/mol. The number of amides is 1. The third-order valence-electron chi connectivity index (χ3n) is 3.18. The summed E-state index contributed by atoms with van der Waals surface area (Å²) < 4.78 is 0. The second-order valence-electron chi connectivity index (χ2n) is 5.75. The summed E-state index contributed by atoms with van der Waals surface area (Å²) >= 11 is 0. The van der Waals surface area contributed by atoms with Crippen LogP contribution in [0.3, 0.4) is 0 Å². The first-order valence-electron chi connectivity index (χ1n) is 7.21. The lowest BCUT2D eigenvalue weighted by Gasteiger charge is -2.16. The van der Waals surface area contributed by atoms with Gasteiger partial charge in [0.05, 0.1) is 6.42 Å². The molecule has 1 rings (SSSR count). The van der Waals surface area contributed by atoms with E-state index in [0.717, 1.165) is 6.42 Å². The van der Waals surface area contributed by atoms with Crippen LogP contribution in [0.2, 0.25) is 0 Å². The summed E-state index contributed by atoms with van der Waals surface area (Å²) in [5.74, 6) is -0.297. The highest BCUT2D eigenvalue weighted by Crippen LogP contribution is 2.16. The van der Waals surface area contributed by atoms with Crippen molar-refractivity contribution in [3.05, 3.63) is 29.8 Å². The summed E-state index contributed by atoms with van der Waals surface area (Å²) in [5.41, 5.74) is 6.99. The summed E-state index contributed by atoms with van der Waals surface area (Å²) in [6.07, 6.45) is 1.25. The molecule has 116 valence electrons. The number of aliphatic carboxylic acids is 1. The third kappa shape index (κ3) is 6.90. The molecule has 1 aromatic carbocycles. The van der Waals surface area contributed by atoms with Gasteiger partial charge in [-0.25, -0.2) is 0 Å². The zero-order valence-electron chi connectivity index (χ0n) is 12.6. The van der Waals surface area contributed by atoms with Crippen molar-refractivity contribution < 1.29 is 14.7 Å². The molecule has 0 fully saturated rings. The Bertz CT molecular complexity index is 486. The summed E-state index contributed by atoms with van der Waals surface area (Å²) in [5, 5.41) is 11.6. The van der Waals surface area contributed by atoms with E-state index in [2.05, 4.69) is 19.2 Å². The minimum Gasteiger partial charge on any atom is -0.481 e. The van der Waals surface area contributed by atoms with Crippen molar-refractivity contribution in [2.45, 2.75) is 33.1 Å². The van der Waals surface area contributed by atoms with Gasteiger partial charge in [-0.05, 0) is 42.5 Å². The van der Waals surface area contributed by atoms with Crippen LogP contribution in [-0.4, -0.2) is 23.5 Å². The average Bonchev–Trinajstić information content (AvgIpc) is 2.36. The zero-order valence-corrected chi connectivity index (χ0v) is 12.6. The molecule has 0 heterocycles. The second-order valence-corrected chi connectivity index (χ2v) is 5.75.